The summed E-state index contributed by atoms with van der Waals surface area (Å²) in [5.74, 6) is 0.222. The maximum atomic E-state index is 13.6. The third-order valence-electron chi connectivity index (χ3n) is 5.77. The molecule has 2 amide bonds. The lowest BCUT2D eigenvalue weighted by molar-refractivity contribution is -0.139. The number of nitrogens with one attached hydrogen (secondary N) is 1. The Hall–Kier alpha value is -2.83. The van der Waals surface area contributed by atoms with Crippen LogP contribution < -0.4 is 5.32 Å². The molecular weight excluding hydrogens is 495 g/mol. The minimum atomic E-state index is -0.682. The smallest absolute Gasteiger partial charge is 0.243 e. The van der Waals surface area contributed by atoms with E-state index in [9.17, 15) is 14.0 Å². The van der Waals surface area contributed by atoms with Gasteiger partial charge in [0.2, 0.25) is 11.8 Å². The van der Waals surface area contributed by atoms with Crippen molar-refractivity contribution in [2.24, 2.45) is 0 Å². The van der Waals surface area contributed by atoms with Gasteiger partial charge in [-0.05, 0) is 47.4 Å². The number of nitrogens with zero attached hydrogens (tertiary/aromatic N) is 1. The summed E-state index contributed by atoms with van der Waals surface area (Å²) < 4.78 is 13.5. The average molecular weight is 527 g/mol. The molecular formula is C29H32ClFN2O2S. The number of amides is 2. The number of carbonyl (C=O) groups is 2. The van der Waals surface area contributed by atoms with E-state index in [1.165, 1.54) is 23.9 Å². The number of carbonyl (C=O) groups excluding carboxylic acids is 2. The van der Waals surface area contributed by atoms with Gasteiger partial charge >= 0.3 is 0 Å². The molecule has 7 heteroatoms. The van der Waals surface area contributed by atoms with Crippen LogP contribution in [0.1, 0.15) is 36.5 Å². The van der Waals surface area contributed by atoms with E-state index in [2.05, 4.69) is 12.2 Å². The third kappa shape index (κ3) is 8.99. The molecule has 4 nitrogen and oxygen atoms in total. The maximum absolute atomic E-state index is 13.6. The number of halogens is 2. The summed E-state index contributed by atoms with van der Waals surface area (Å²) in [6.45, 7) is 2.85. The summed E-state index contributed by atoms with van der Waals surface area (Å²) >= 11 is 7.46. The first-order chi connectivity index (χ1) is 17.5. The maximum Gasteiger partial charge on any atom is 0.243 e. The molecule has 0 aliphatic rings. The van der Waals surface area contributed by atoms with Gasteiger partial charge in [0.15, 0.2) is 0 Å². The van der Waals surface area contributed by atoms with Crippen molar-refractivity contribution in [1.82, 2.24) is 10.2 Å². The molecule has 0 aromatic heterocycles. The normalized spacial score (nSPS) is 11.6. The first-order valence-electron chi connectivity index (χ1n) is 12.1. The van der Waals surface area contributed by atoms with Crippen LogP contribution >= 0.6 is 23.4 Å². The van der Waals surface area contributed by atoms with Crippen molar-refractivity contribution in [2.45, 2.75) is 44.5 Å². The molecule has 1 N–H and O–H groups in total. The standard InChI is InChI=1S/C29H32ClFN2O2S/c1-2-3-17-32-29(35)27(18-22-7-5-4-6-8-22)33(19-23-11-15-26(31)16-12-23)28(34)21-36-20-24-9-13-25(30)14-10-24/h4-16,27H,2-3,17-21H2,1H3,(H,32,35)/t27-/m1/s1. The van der Waals surface area contributed by atoms with E-state index in [4.69, 9.17) is 11.6 Å². The SMILES string of the molecule is CCCCNC(=O)[C@@H](Cc1ccccc1)N(Cc1ccc(F)cc1)C(=O)CSCc1ccc(Cl)cc1. The number of hydrogen-bond donors (Lipinski definition) is 1. The Morgan fingerprint density at radius 2 is 1.61 bits per heavy atom. The van der Waals surface area contributed by atoms with Crippen molar-refractivity contribution in [3.63, 3.8) is 0 Å². The molecule has 0 unspecified atom stereocenters. The van der Waals surface area contributed by atoms with Crippen LogP contribution in [0.25, 0.3) is 0 Å². The second kappa shape index (κ2) is 14.7. The predicted molar refractivity (Wildman–Crippen MR) is 146 cm³/mol. The first-order valence-corrected chi connectivity index (χ1v) is 13.7. The summed E-state index contributed by atoms with van der Waals surface area (Å²) in [7, 11) is 0. The molecule has 0 saturated heterocycles. The van der Waals surface area contributed by atoms with Gasteiger partial charge in [0.05, 0.1) is 5.75 Å². The van der Waals surface area contributed by atoms with Crippen molar-refractivity contribution in [2.75, 3.05) is 12.3 Å². The van der Waals surface area contributed by atoms with Crippen molar-refractivity contribution in [3.05, 3.63) is 106 Å². The van der Waals surface area contributed by atoms with E-state index in [1.54, 1.807) is 17.0 Å². The van der Waals surface area contributed by atoms with Crippen LogP contribution in [0, 0.1) is 5.82 Å². The van der Waals surface area contributed by atoms with Gasteiger partial charge in [0.25, 0.3) is 0 Å². The number of hydrogen-bond acceptors (Lipinski definition) is 3. The summed E-state index contributed by atoms with van der Waals surface area (Å²) in [5, 5.41) is 3.68. The monoisotopic (exact) mass is 526 g/mol. The van der Waals surface area contributed by atoms with E-state index in [0.717, 1.165) is 29.5 Å². The van der Waals surface area contributed by atoms with Crippen LogP contribution in [0.2, 0.25) is 5.02 Å². The van der Waals surface area contributed by atoms with Crippen LogP contribution in [-0.2, 0) is 28.3 Å². The third-order valence-corrected chi connectivity index (χ3v) is 7.01. The van der Waals surface area contributed by atoms with Gasteiger partial charge in [-0.25, -0.2) is 4.39 Å². The Labute approximate surface area is 222 Å². The molecule has 0 spiro atoms. The van der Waals surface area contributed by atoms with Gasteiger partial charge in [-0.2, -0.15) is 0 Å². The zero-order chi connectivity index (χ0) is 25.8. The summed E-state index contributed by atoms with van der Waals surface area (Å²) in [5.41, 5.74) is 2.81. The Morgan fingerprint density at radius 1 is 0.944 bits per heavy atom. The van der Waals surface area contributed by atoms with Crippen LogP contribution in [0.5, 0.6) is 0 Å². The van der Waals surface area contributed by atoms with Crippen molar-refractivity contribution >= 4 is 35.2 Å². The van der Waals surface area contributed by atoms with E-state index < -0.39 is 6.04 Å². The molecule has 190 valence electrons. The Morgan fingerprint density at radius 3 is 2.28 bits per heavy atom. The molecule has 0 fully saturated rings. The number of unbranched alkanes of at least 4 members (excludes halogenated alkanes) is 1. The fraction of sp³-hybridized carbons (Fsp3) is 0.310. The highest BCUT2D eigenvalue weighted by atomic mass is 35.5. The Kier molecular flexibility index (Phi) is 11.3. The second-order valence-electron chi connectivity index (χ2n) is 8.62. The lowest BCUT2D eigenvalue weighted by Gasteiger charge is -2.31. The van der Waals surface area contributed by atoms with E-state index in [1.807, 2.05) is 54.6 Å². The number of rotatable bonds is 13. The van der Waals surface area contributed by atoms with Gasteiger partial charge in [0.1, 0.15) is 11.9 Å². The van der Waals surface area contributed by atoms with Gasteiger partial charge in [-0.3, -0.25) is 9.59 Å². The molecule has 0 heterocycles. The lowest BCUT2D eigenvalue weighted by atomic mass is 10.0. The minimum Gasteiger partial charge on any atom is -0.354 e. The molecule has 3 aromatic rings. The average Bonchev–Trinajstić information content (AvgIpc) is 2.89. The van der Waals surface area contributed by atoms with Gasteiger partial charge < -0.3 is 10.2 Å². The van der Waals surface area contributed by atoms with E-state index in [0.29, 0.717) is 23.7 Å². The molecule has 1 atom stereocenters. The highest BCUT2D eigenvalue weighted by Gasteiger charge is 2.30. The molecule has 3 aromatic carbocycles. The van der Waals surface area contributed by atoms with Crippen LogP contribution in [0.4, 0.5) is 4.39 Å². The quantitative estimate of drug-likeness (QED) is 0.267. The minimum absolute atomic E-state index is 0.134. The Bertz CT molecular complexity index is 1090. The van der Waals surface area contributed by atoms with Gasteiger partial charge in [0, 0.05) is 30.3 Å². The zero-order valence-electron chi connectivity index (χ0n) is 20.5. The summed E-state index contributed by atoms with van der Waals surface area (Å²) in [4.78, 5) is 28.5. The van der Waals surface area contributed by atoms with Crippen LogP contribution in [-0.4, -0.2) is 35.1 Å². The Balaban J connectivity index is 1.81. The molecule has 0 saturated carbocycles. The molecule has 36 heavy (non-hydrogen) atoms. The van der Waals surface area contributed by atoms with Crippen molar-refractivity contribution in [3.8, 4) is 0 Å². The van der Waals surface area contributed by atoms with Crippen LogP contribution in [0.15, 0.2) is 78.9 Å². The van der Waals surface area contributed by atoms with Crippen LogP contribution in [0.3, 0.4) is 0 Å². The topological polar surface area (TPSA) is 49.4 Å². The number of thioether (sulfide) groups is 1. The summed E-state index contributed by atoms with van der Waals surface area (Å²) in [6, 6.07) is 22.6. The lowest BCUT2D eigenvalue weighted by Crippen LogP contribution is -2.51. The fourth-order valence-corrected chi connectivity index (χ4v) is 4.76. The molecule has 0 bridgehead atoms. The van der Waals surface area contributed by atoms with E-state index in [-0.39, 0.29) is 29.9 Å². The van der Waals surface area contributed by atoms with Gasteiger partial charge in [-0.1, -0.05) is 79.5 Å². The largest absolute Gasteiger partial charge is 0.354 e. The molecule has 0 aliphatic heterocycles. The highest BCUT2D eigenvalue weighted by molar-refractivity contribution is 7.99. The summed E-state index contributed by atoms with van der Waals surface area (Å²) in [6.07, 6.45) is 2.23. The van der Waals surface area contributed by atoms with Crippen molar-refractivity contribution < 1.29 is 14.0 Å². The second-order valence-corrected chi connectivity index (χ2v) is 10.0. The zero-order valence-corrected chi connectivity index (χ0v) is 22.0. The molecule has 0 aliphatic carbocycles. The van der Waals surface area contributed by atoms with Crippen molar-refractivity contribution in [1.29, 1.82) is 0 Å². The van der Waals surface area contributed by atoms with Gasteiger partial charge in [-0.15, -0.1) is 11.8 Å². The molecule has 0 radical (unpaired) electrons. The number of benzene rings is 3. The molecule has 3 rings (SSSR count). The predicted octanol–water partition coefficient (Wildman–Crippen LogP) is 6.27. The fourth-order valence-electron chi connectivity index (χ4n) is 3.77. The first kappa shape index (κ1) is 27.8. The highest BCUT2D eigenvalue weighted by Crippen LogP contribution is 2.20. The van der Waals surface area contributed by atoms with E-state index >= 15 is 0 Å².